The van der Waals surface area contributed by atoms with Crippen LogP contribution in [0.15, 0.2) is 36.4 Å². The number of hydrogen-bond acceptors (Lipinski definition) is 4. The number of methoxy groups -OCH3 is 2. The summed E-state index contributed by atoms with van der Waals surface area (Å²) in [7, 11) is 3.24. The zero-order valence-corrected chi connectivity index (χ0v) is 13.1. The molecule has 1 unspecified atom stereocenters. The molecule has 2 aromatic rings. The third kappa shape index (κ3) is 3.13. The molecule has 2 rings (SSSR count). The van der Waals surface area contributed by atoms with Crippen LogP contribution in [-0.4, -0.2) is 14.2 Å². The molecule has 0 heterocycles. The topological polar surface area (TPSA) is 56.5 Å². The van der Waals surface area contributed by atoms with Gasteiger partial charge in [0.2, 0.25) is 0 Å². The van der Waals surface area contributed by atoms with Crippen LogP contribution in [0.1, 0.15) is 22.7 Å². The molecule has 0 saturated carbocycles. The van der Waals surface area contributed by atoms with Gasteiger partial charge in [-0.3, -0.25) is 5.84 Å². The van der Waals surface area contributed by atoms with E-state index < -0.39 is 0 Å². The second-order valence-electron chi connectivity index (χ2n) is 4.68. The van der Waals surface area contributed by atoms with Gasteiger partial charge in [-0.05, 0) is 42.3 Å². The molecule has 0 aliphatic carbocycles. The van der Waals surface area contributed by atoms with E-state index in [4.69, 9.17) is 26.9 Å². The van der Waals surface area contributed by atoms with Crippen LogP contribution < -0.4 is 20.7 Å². The van der Waals surface area contributed by atoms with Gasteiger partial charge in [0.05, 0.1) is 25.8 Å². The van der Waals surface area contributed by atoms with Crippen LogP contribution in [0.2, 0.25) is 5.02 Å². The third-order valence-electron chi connectivity index (χ3n) is 3.47. The molecule has 0 saturated heterocycles. The quantitative estimate of drug-likeness (QED) is 0.658. The highest BCUT2D eigenvalue weighted by atomic mass is 35.5. The number of hydrazine groups is 1. The van der Waals surface area contributed by atoms with E-state index in [1.54, 1.807) is 14.2 Å². The van der Waals surface area contributed by atoms with Gasteiger partial charge in [0.1, 0.15) is 11.5 Å². The fourth-order valence-electron chi connectivity index (χ4n) is 2.42. The van der Waals surface area contributed by atoms with Gasteiger partial charge in [-0.2, -0.15) is 0 Å². The van der Waals surface area contributed by atoms with Gasteiger partial charge in [-0.1, -0.05) is 23.7 Å². The van der Waals surface area contributed by atoms with E-state index in [0.29, 0.717) is 16.5 Å². The Labute approximate surface area is 129 Å². The highest BCUT2D eigenvalue weighted by molar-refractivity contribution is 6.30. The van der Waals surface area contributed by atoms with E-state index in [1.807, 2.05) is 43.3 Å². The Balaban J connectivity index is 2.63. The lowest BCUT2D eigenvalue weighted by Gasteiger charge is -2.23. The third-order valence-corrected chi connectivity index (χ3v) is 3.71. The van der Waals surface area contributed by atoms with Crippen molar-refractivity contribution >= 4 is 11.6 Å². The Morgan fingerprint density at radius 1 is 1.10 bits per heavy atom. The molecule has 21 heavy (non-hydrogen) atoms. The second-order valence-corrected chi connectivity index (χ2v) is 5.11. The van der Waals surface area contributed by atoms with Crippen LogP contribution >= 0.6 is 11.6 Å². The average Bonchev–Trinajstić information content (AvgIpc) is 2.51. The SMILES string of the molecule is COc1cccc(OC)c1C(NN)c1cc(Cl)ccc1C. The lowest BCUT2D eigenvalue weighted by Crippen LogP contribution is -2.30. The van der Waals surface area contributed by atoms with Crippen molar-refractivity contribution in [3.8, 4) is 11.5 Å². The van der Waals surface area contributed by atoms with Crippen molar-refractivity contribution < 1.29 is 9.47 Å². The zero-order chi connectivity index (χ0) is 15.4. The summed E-state index contributed by atoms with van der Waals surface area (Å²) in [5.74, 6) is 7.21. The molecule has 0 bridgehead atoms. The predicted molar refractivity (Wildman–Crippen MR) is 84.9 cm³/mol. The zero-order valence-electron chi connectivity index (χ0n) is 12.3. The van der Waals surface area contributed by atoms with E-state index in [2.05, 4.69) is 5.43 Å². The van der Waals surface area contributed by atoms with Gasteiger partial charge in [-0.25, -0.2) is 5.43 Å². The number of benzene rings is 2. The van der Waals surface area contributed by atoms with E-state index in [9.17, 15) is 0 Å². The molecule has 0 radical (unpaired) electrons. The maximum atomic E-state index is 6.12. The summed E-state index contributed by atoms with van der Waals surface area (Å²) in [6, 6.07) is 11.1. The number of rotatable bonds is 5. The van der Waals surface area contributed by atoms with Gasteiger partial charge >= 0.3 is 0 Å². The fourth-order valence-corrected chi connectivity index (χ4v) is 2.60. The molecule has 112 valence electrons. The van der Waals surface area contributed by atoms with Crippen LogP contribution in [0.5, 0.6) is 11.5 Å². The molecule has 0 spiro atoms. The predicted octanol–water partition coefficient (Wildman–Crippen LogP) is 3.22. The minimum absolute atomic E-state index is 0.283. The normalized spacial score (nSPS) is 12.0. The summed E-state index contributed by atoms with van der Waals surface area (Å²) in [6.07, 6.45) is 0. The van der Waals surface area contributed by atoms with E-state index in [-0.39, 0.29) is 6.04 Å². The van der Waals surface area contributed by atoms with Crippen molar-refractivity contribution in [2.24, 2.45) is 5.84 Å². The van der Waals surface area contributed by atoms with Gasteiger partial charge in [0, 0.05) is 5.02 Å². The number of halogens is 1. The first-order valence-electron chi connectivity index (χ1n) is 6.55. The lowest BCUT2D eigenvalue weighted by atomic mass is 9.94. The van der Waals surface area contributed by atoms with Crippen molar-refractivity contribution in [1.29, 1.82) is 0 Å². The summed E-state index contributed by atoms with van der Waals surface area (Å²) in [6.45, 7) is 2.01. The van der Waals surface area contributed by atoms with E-state index >= 15 is 0 Å². The molecular weight excluding hydrogens is 288 g/mol. The first-order chi connectivity index (χ1) is 10.1. The van der Waals surface area contributed by atoms with Gasteiger partial charge < -0.3 is 9.47 Å². The highest BCUT2D eigenvalue weighted by Crippen LogP contribution is 2.38. The van der Waals surface area contributed by atoms with Crippen molar-refractivity contribution in [2.45, 2.75) is 13.0 Å². The maximum Gasteiger partial charge on any atom is 0.127 e. The molecule has 0 aliphatic heterocycles. The number of nitrogens with two attached hydrogens (primary N) is 1. The Hall–Kier alpha value is -1.75. The van der Waals surface area contributed by atoms with Crippen LogP contribution in [0.4, 0.5) is 0 Å². The number of nitrogens with one attached hydrogen (secondary N) is 1. The molecule has 1 atom stereocenters. The molecular formula is C16H19ClN2O2. The Morgan fingerprint density at radius 2 is 1.71 bits per heavy atom. The number of hydrogen-bond donors (Lipinski definition) is 2. The van der Waals surface area contributed by atoms with Crippen molar-refractivity contribution in [1.82, 2.24) is 5.43 Å². The minimum atomic E-state index is -0.283. The maximum absolute atomic E-state index is 6.12. The monoisotopic (exact) mass is 306 g/mol. The highest BCUT2D eigenvalue weighted by Gasteiger charge is 2.23. The standard InChI is InChI=1S/C16H19ClN2O2/c1-10-7-8-11(17)9-12(10)16(19-18)15-13(20-2)5-4-6-14(15)21-3/h4-9,16,19H,18H2,1-3H3. The molecule has 0 amide bonds. The molecule has 4 nitrogen and oxygen atoms in total. The summed E-state index contributed by atoms with van der Waals surface area (Å²) in [5, 5.41) is 0.657. The summed E-state index contributed by atoms with van der Waals surface area (Å²) in [4.78, 5) is 0. The van der Waals surface area contributed by atoms with Gasteiger partial charge in [0.25, 0.3) is 0 Å². The van der Waals surface area contributed by atoms with Crippen LogP contribution in [0.25, 0.3) is 0 Å². The minimum Gasteiger partial charge on any atom is -0.496 e. The fraction of sp³-hybridized carbons (Fsp3) is 0.250. The molecule has 2 aromatic carbocycles. The van der Waals surface area contributed by atoms with Crippen LogP contribution in [0, 0.1) is 6.92 Å². The van der Waals surface area contributed by atoms with Crippen molar-refractivity contribution in [3.05, 3.63) is 58.1 Å². The first-order valence-corrected chi connectivity index (χ1v) is 6.93. The Kier molecular flexibility index (Phi) is 5.07. The number of aryl methyl sites for hydroxylation is 1. The number of ether oxygens (including phenoxy) is 2. The second kappa shape index (κ2) is 6.80. The van der Waals surface area contributed by atoms with Gasteiger partial charge in [0.15, 0.2) is 0 Å². The Morgan fingerprint density at radius 3 is 2.24 bits per heavy atom. The van der Waals surface area contributed by atoms with Crippen molar-refractivity contribution in [3.63, 3.8) is 0 Å². The van der Waals surface area contributed by atoms with E-state index in [1.165, 1.54) is 0 Å². The smallest absolute Gasteiger partial charge is 0.127 e. The molecule has 0 aliphatic rings. The summed E-state index contributed by atoms with van der Waals surface area (Å²) < 4.78 is 10.9. The molecule has 5 heteroatoms. The molecule has 0 aromatic heterocycles. The summed E-state index contributed by atoms with van der Waals surface area (Å²) in [5.41, 5.74) is 5.73. The Bertz CT molecular complexity index is 609. The lowest BCUT2D eigenvalue weighted by molar-refractivity contribution is 0.377. The van der Waals surface area contributed by atoms with Gasteiger partial charge in [-0.15, -0.1) is 0 Å². The van der Waals surface area contributed by atoms with Crippen LogP contribution in [-0.2, 0) is 0 Å². The van der Waals surface area contributed by atoms with E-state index in [0.717, 1.165) is 16.7 Å². The first kappa shape index (κ1) is 15.6. The average molecular weight is 307 g/mol. The summed E-state index contributed by atoms with van der Waals surface area (Å²) >= 11 is 6.12. The van der Waals surface area contributed by atoms with Crippen molar-refractivity contribution in [2.75, 3.05) is 14.2 Å². The largest absolute Gasteiger partial charge is 0.496 e. The molecule has 3 N–H and O–H groups in total. The molecule has 0 fully saturated rings. The van der Waals surface area contributed by atoms with Crippen LogP contribution in [0.3, 0.4) is 0 Å².